The predicted molar refractivity (Wildman–Crippen MR) is 86.3 cm³/mol. The van der Waals surface area contributed by atoms with E-state index in [2.05, 4.69) is 35.3 Å². The van der Waals surface area contributed by atoms with Crippen molar-refractivity contribution in [3.05, 3.63) is 34.9 Å². The van der Waals surface area contributed by atoms with Gasteiger partial charge in [0.1, 0.15) is 0 Å². The largest absolute Gasteiger partial charge is 0.314 e. The van der Waals surface area contributed by atoms with Gasteiger partial charge in [0, 0.05) is 37.2 Å². The Bertz CT molecular complexity index is 410. The Hall–Kier alpha value is -0.610. The Kier molecular flexibility index (Phi) is 6.30. The third-order valence-electron chi connectivity index (χ3n) is 4.06. The molecule has 1 atom stereocenters. The number of nitrogens with one attached hydrogen (secondary N) is 1. The summed E-state index contributed by atoms with van der Waals surface area (Å²) in [6.45, 7) is 5.42. The third kappa shape index (κ3) is 5.06. The van der Waals surface area contributed by atoms with E-state index in [0.29, 0.717) is 0 Å². The Morgan fingerprint density at radius 1 is 1.45 bits per heavy atom. The summed E-state index contributed by atoms with van der Waals surface area (Å²) in [5.74, 6) is 0. The highest BCUT2D eigenvalue weighted by atomic mass is 35.5. The van der Waals surface area contributed by atoms with Crippen LogP contribution in [0.1, 0.15) is 18.4 Å². The number of nitrogens with zero attached hydrogens (tertiary/aromatic N) is 2. The van der Waals surface area contributed by atoms with Crippen LogP contribution in [-0.4, -0.2) is 56.1 Å². The molecule has 0 spiro atoms. The van der Waals surface area contributed by atoms with Crippen molar-refractivity contribution in [1.29, 1.82) is 0 Å². The number of benzene rings is 1. The molecule has 2 rings (SSSR count). The maximum atomic E-state index is 6.01. The molecule has 0 radical (unpaired) electrons. The van der Waals surface area contributed by atoms with E-state index < -0.39 is 0 Å². The zero-order chi connectivity index (χ0) is 14.4. The summed E-state index contributed by atoms with van der Waals surface area (Å²) < 4.78 is 0. The summed E-state index contributed by atoms with van der Waals surface area (Å²) >= 11 is 6.01. The van der Waals surface area contributed by atoms with Crippen LogP contribution >= 0.6 is 11.6 Å². The fraction of sp³-hybridized carbons (Fsp3) is 0.625. The molecule has 112 valence electrons. The van der Waals surface area contributed by atoms with Gasteiger partial charge < -0.3 is 15.1 Å². The lowest BCUT2D eigenvalue weighted by Crippen LogP contribution is -2.38. The van der Waals surface area contributed by atoms with Gasteiger partial charge in [0.05, 0.1) is 0 Å². The van der Waals surface area contributed by atoms with Crippen molar-refractivity contribution in [3.63, 3.8) is 0 Å². The maximum Gasteiger partial charge on any atom is 0.0409 e. The SMILES string of the molecule is CN(CCNCC1CCCN1C)Cc1cccc(Cl)c1. The van der Waals surface area contributed by atoms with Gasteiger partial charge in [0.25, 0.3) is 0 Å². The molecular weight excluding hydrogens is 270 g/mol. The van der Waals surface area contributed by atoms with E-state index in [1.165, 1.54) is 24.9 Å². The molecule has 20 heavy (non-hydrogen) atoms. The zero-order valence-corrected chi connectivity index (χ0v) is 13.4. The average molecular weight is 296 g/mol. The lowest BCUT2D eigenvalue weighted by atomic mass is 10.2. The van der Waals surface area contributed by atoms with Gasteiger partial charge in [0.2, 0.25) is 0 Å². The molecule has 1 fully saturated rings. The highest BCUT2D eigenvalue weighted by Gasteiger charge is 2.19. The Labute approximate surface area is 127 Å². The van der Waals surface area contributed by atoms with Gasteiger partial charge >= 0.3 is 0 Å². The first kappa shape index (κ1) is 15.8. The molecule has 0 saturated carbocycles. The van der Waals surface area contributed by atoms with Crippen LogP contribution < -0.4 is 5.32 Å². The van der Waals surface area contributed by atoms with Crippen LogP contribution in [0.2, 0.25) is 5.02 Å². The molecule has 1 aromatic carbocycles. The van der Waals surface area contributed by atoms with Crippen molar-refractivity contribution < 1.29 is 0 Å². The minimum absolute atomic E-state index is 0.730. The van der Waals surface area contributed by atoms with Gasteiger partial charge in [-0.2, -0.15) is 0 Å². The van der Waals surface area contributed by atoms with Crippen molar-refractivity contribution in [2.75, 3.05) is 40.3 Å². The first-order valence-corrected chi connectivity index (χ1v) is 7.87. The van der Waals surface area contributed by atoms with E-state index >= 15 is 0 Å². The lowest BCUT2D eigenvalue weighted by Gasteiger charge is -2.21. The minimum atomic E-state index is 0.730. The van der Waals surface area contributed by atoms with Gasteiger partial charge in [-0.05, 0) is 51.2 Å². The molecule has 1 aliphatic heterocycles. The zero-order valence-electron chi connectivity index (χ0n) is 12.6. The van der Waals surface area contributed by atoms with E-state index in [1.807, 2.05) is 18.2 Å². The van der Waals surface area contributed by atoms with Crippen LogP contribution in [0.5, 0.6) is 0 Å². The summed E-state index contributed by atoms with van der Waals surface area (Å²) in [6, 6.07) is 8.83. The van der Waals surface area contributed by atoms with Gasteiger partial charge in [-0.15, -0.1) is 0 Å². The molecule has 3 nitrogen and oxygen atoms in total. The lowest BCUT2D eigenvalue weighted by molar-refractivity contribution is 0.285. The van der Waals surface area contributed by atoms with Gasteiger partial charge in [-0.3, -0.25) is 0 Å². The molecule has 0 bridgehead atoms. The van der Waals surface area contributed by atoms with Crippen LogP contribution in [0.15, 0.2) is 24.3 Å². The predicted octanol–water partition coefficient (Wildman–Crippen LogP) is 2.46. The molecule has 1 unspecified atom stereocenters. The van der Waals surface area contributed by atoms with Crippen molar-refractivity contribution in [3.8, 4) is 0 Å². The standard InChI is InChI=1S/C16H26ClN3/c1-19(13-14-5-3-6-15(17)11-14)10-8-18-12-16-7-4-9-20(16)2/h3,5-6,11,16,18H,4,7-10,12-13H2,1-2H3. The van der Waals surface area contributed by atoms with Crippen LogP contribution in [-0.2, 0) is 6.54 Å². The van der Waals surface area contributed by atoms with Crippen LogP contribution in [0, 0.1) is 0 Å². The summed E-state index contributed by atoms with van der Waals surface area (Å²) in [6.07, 6.45) is 2.68. The first-order valence-electron chi connectivity index (χ1n) is 7.49. The Morgan fingerprint density at radius 2 is 2.30 bits per heavy atom. The van der Waals surface area contributed by atoms with E-state index in [0.717, 1.165) is 37.2 Å². The second kappa shape index (κ2) is 7.99. The van der Waals surface area contributed by atoms with E-state index in [1.54, 1.807) is 0 Å². The summed E-state index contributed by atoms with van der Waals surface area (Å²) in [4.78, 5) is 4.79. The van der Waals surface area contributed by atoms with Gasteiger partial charge in [-0.25, -0.2) is 0 Å². The third-order valence-corrected chi connectivity index (χ3v) is 4.30. The molecule has 1 aliphatic rings. The number of likely N-dealkylation sites (tertiary alicyclic amines) is 1. The molecule has 0 aromatic heterocycles. The van der Waals surface area contributed by atoms with Crippen LogP contribution in [0.25, 0.3) is 0 Å². The van der Waals surface area contributed by atoms with Gasteiger partial charge in [0.15, 0.2) is 0 Å². The monoisotopic (exact) mass is 295 g/mol. The van der Waals surface area contributed by atoms with E-state index in [-0.39, 0.29) is 0 Å². The van der Waals surface area contributed by atoms with Crippen molar-refractivity contribution in [1.82, 2.24) is 15.1 Å². The molecule has 4 heteroatoms. The van der Waals surface area contributed by atoms with Crippen molar-refractivity contribution in [2.45, 2.75) is 25.4 Å². The van der Waals surface area contributed by atoms with Crippen LogP contribution in [0.3, 0.4) is 0 Å². The normalized spacial score (nSPS) is 19.9. The maximum absolute atomic E-state index is 6.01. The topological polar surface area (TPSA) is 18.5 Å². The quantitative estimate of drug-likeness (QED) is 0.780. The minimum Gasteiger partial charge on any atom is -0.314 e. The second-order valence-corrected chi connectivity index (χ2v) is 6.28. The van der Waals surface area contributed by atoms with E-state index in [9.17, 15) is 0 Å². The Balaban J connectivity index is 1.61. The highest BCUT2D eigenvalue weighted by molar-refractivity contribution is 6.30. The number of halogens is 1. The average Bonchev–Trinajstić information content (AvgIpc) is 2.80. The summed E-state index contributed by atoms with van der Waals surface area (Å²) in [5, 5.41) is 4.39. The fourth-order valence-electron chi connectivity index (χ4n) is 2.80. The highest BCUT2D eigenvalue weighted by Crippen LogP contribution is 2.13. The summed E-state index contributed by atoms with van der Waals surface area (Å²) in [7, 11) is 4.38. The first-order chi connectivity index (χ1) is 9.65. The van der Waals surface area contributed by atoms with Crippen molar-refractivity contribution >= 4 is 11.6 Å². The number of rotatable bonds is 7. The van der Waals surface area contributed by atoms with E-state index in [4.69, 9.17) is 11.6 Å². The molecule has 0 aliphatic carbocycles. The summed E-state index contributed by atoms with van der Waals surface area (Å²) in [5.41, 5.74) is 1.27. The molecule has 1 N–H and O–H groups in total. The van der Waals surface area contributed by atoms with Gasteiger partial charge in [-0.1, -0.05) is 23.7 Å². The molecule has 1 heterocycles. The number of likely N-dealkylation sites (N-methyl/N-ethyl adjacent to an activating group) is 2. The number of hydrogen-bond acceptors (Lipinski definition) is 3. The molecule has 1 aromatic rings. The fourth-order valence-corrected chi connectivity index (χ4v) is 3.01. The number of hydrogen-bond donors (Lipinski definition) is 1. The molecule has 0 amide bonds. The Morgan fingerprint density at radius 3 is 3.00 bits per heavy atom. The molecule has 1 saturated heterocycles. The second-order valence-electron chi connectivity index (χ2n) is 5.85. The smallest absolute Gasteiger partial charge is 0.0409 e. The van der Waals surface area contributed by atoms with Crippen LogP contribution in [0.4, 0.5) is 0 Å². The molecular formula is C16H26ClN3. The van der Waals surface area contributed by atoms with Crippen molar-refractivity contribution in [2.24, 2.45) is 0 Å².